The van der Waals surface area contributed by atoms with Crippen LogP contribution in [0, 0.1) is 0 Å². The van der Waals surface area contributed by atoms with Crippen molar-refractivity contribution in [2.45, 2.75) is 25.9 Å². The van der Waals surface area contributed by atoms with E-state index in [1.54, 1.807) is 13.3 Å². The molecule has 4 nitrogen and oxygen atoms in total. The molecule has 5 heteroatoms. The van der Waals surface area contributed by atoms with E-state index in [-0.39, 0.29) is 12.1 Å². The van der Waals surface area contributed by atoms with Gasteiger partial charge in [-0.1, -0.05) is 23.7 Å². The minimum atomic E-state index is -0.302. The van der Waals surface area contributed by atoms with E-state index in [9.17, 15) is 0 Å². The maximum absolute atomic E-state index is 6.31. The number of hydrogen-bond acceptors (Lipinski definition) is 3. The van der Waals surface area contributed by atoms with Crippen molar-refractivity contribution in [1.29, 1.82) is 0 Å². The molecule has 0 aliphatic heterocycles. The summed E-state index contributed by atoms with van der Waals surface area (Å²) >= 11 is 6.20. The molecule has 0 saturated carbocycles. The minimum Gasteiger partial charge on any atom is -0.497 e. The van der Waals surface area contributed by atoms with E-state index in [2.05, 4.69) is 5.10 Å². The maximum atomic E-state index is 6.31. The molecule has 0 aliphatic rings. The lowest BCUT2D eigenvalue weighted by Crippen LogP contribution is -2.19. The van der Waals surface area contributed by atoms with Gasteiger partial charge in [0.2, 0.25) is 0 Å². The molecule has 1 unspecified atom stereocenters. The Bertz CT molecular complexity index is 548. The molecular formula is C14H18ClN3O. The Kier molecular flexibility index (Phi) is 4.12. The molecular weight excluding hydrogens is 262 g/mol. The van der Waals surface area contributed by atoms with Crippen molar-refractivity contribution in [2.75, 3.05) is 7.11 Å². The van der Waals surface area contributed by atoms with E-state index >= 15 is 0 Å². The van der Waals surface area contributed by atoms with E-state index in [1.807, 2.05) is 42.8 Å². The molecule has 1 aromatic carbocycles. The first-order valence-corrected chi connectivity index (χ1v) is 6.54. The Balaban J connectivity index is 2.37. The normalized spacial score (nSPS) is 12.7. The lowest BCUT2D eigenvalue weighted by Gasteiger charge is -2.18. The molecule has 0 saturated heterocycles. The molecule has 0 radical (unpaired) electrons. The average Bonchev–Trinajstić information content (AvgIpc) is 2.80. The molecule has 2 aromatic rings. The van der Waals surface area contributed by atoms with Crippen LogP contribution in [0.2, 0.25) is 5.02 Å². The second kappa shape index (κ2) is 5.63. The number of nitrogens with two attached hydrogens (primary N) is 1. The standard InChI is InChI=1S/C14H18ClN3O/c1-9(2)18-14(12(15)8-17-18)13(16)10-4-6-11(19-3)7-5-10/h4-9,13H,16H2,1-3H3. The molecule has 2 rings (SSSR count). The number of nitrogens with zero attached hydrogens (tertiary/aromatic N) is 2. The number of methoxy groups -OCH3 is 1. The molecule has 0 aliphatic carbocycles. The Hall–Kier alpha value is -1.52. The van der Waals surface area contributed by atoms with E-state index in [0.717, 1.165) is 17.0 Å². The van der Waals surface area contributed by atoms with Crippen LogP contribution in [0.5, 0.6) is 5.75 Å². The zero-order chi connectivity index (χ0) is 14.0. The average molecular weight is 280 g/mol. The number of benzene rings is 1. The summed E-state index contributed by atoms with van der Waals surface area (Å²) < 4.78 is 7.00. The summed E-state index contributed by atoms with van der Waals surface area (Å²) in [5, 5.41) is 4.87. The predicted molar refractivity (Wildman–Crippen MR) is 76.6 cm³/mol. The highest BCUT2D eigenvalue weighted by molar-refractivity contribution is 6.31. The number of hydrogen-bond donors (Lipinski definition) is 1. The van der Waals surface area contributed by atoms with Crippen LogP contribution in [0.1, 0.15) is 37.2 Å². The quantitative estimate of drug-likeness (QED) is 0.935. The van der Waals surface area contributed by atoms with Crippen molar-refractivity contribution >= 4 is 11.6 Å². The zero-order valence-electron chi connectivity index (χ0n) is 11.3. The zero-order valence-corrected chi connectivity index (χ0v) is 12.1. The lowest BCUT2D eigenvalue weighted by atomic mass is 10.0. The SMILES string of the molecule is COc1ccc(C(N)c2c(Cl)cnn2C(C)C)cc1. The van der Waals surface area contributed by atoms with Crippen molar-refractivity contribution in [1.82, 2.24) is 9.78 Å². The summed E-state index contributed by atoms with van der Waals surface area (Å²) in [6, 6.07) is 7.57. The van der Waals surface area contributed by atoms with Crippen LogP contribution in [0.4, 0.5) is 0 Å². The fourth-order valence-electron chi connectivity index (χ4n) is 2.02. The molecule has 102 valence electrons. The third kappa shape index (κ3) is 2.74. The number of halogens is 1. The van der Waals surface area contributed by atoms with Gasteiger partial charge in [0.05, 0.1) is 30.1 Å². The van der Waals surface area contributed by atoms with Crippen LogP contribution < -0.4 is 10.5 Å². The Labute approximate surface area is 118 Å². The van der Waals surface area contributed by atoms with Crippen LogP contribution >= 0.6 is 11.6 Å². The first kappa shape index (κ1) is 13.9. The summed E-state index contributed by atoms with van der Waals surface area (Å²) in [4.78, 5) is 0. The van der Waals surface area contributed by atoms with Crippen molar-refractivity contribution in [2.24, 2.45) is 5.73 Å². The van der Waals surface area contributed by atoms with Crippen LogP contribution in [0.3, 0.4) is 0 Å². The van der Waals surface area contributed by atoms with Gasteiger partial charge in [-0.15, -0.1) is 0 Å². The second-order valence-electron chi connectivity index (χ2n) is 4.67. The van der Waals surface area contributed by atoms with E-state index < -0.39 is 0 Å². The highest BCUT2D eigenvalue weighted by atomic mass is 35.5. The number of aromatic nitrogens is 2. The summed E-state index contributed by atoms with van der Waals surface area (Å²) in [6.07, 6.45) is 1.64. The molecule has 0 bridgehead atoms. The van der Waals surface area contributed by atoms with Crippen LogP contribution in [-0.4, -0.2) is 16.9 Å². The molecule has 0 spiro atoms. The van der Waals surface area contributed by atoms with Gasteiger partial charge in [-0.05, 0) is 31.5 Å². The van der Waals surface area contributed by atoms with Crippen molar-refractivity contribution in [3.63, 3.8) is 0 Å². The first-order chi connectivity index (χ1) is 9.04. The molecule has 1 aromatic heterocycles. The first-order valence-electron chi connectivity index (χ1n) is 6.17. The van der Waals surface area contributed by atoms with Crippen LogP contribution in [0.15, 0.2) is 30.5 Å². The van der Waals surface area contributed by atoms with Gasteiger partial charge in [0.1, 0.15) is 5.75 Å². The highest BCUT2D eigenvalue weighted by Crippen LogP contribution is 2.29. The van der Waals surface area contributed by atoms with Crippen molar-refractivity contribution < 1.29 is 4.74 Å². The third-order valence-corrected chi connectivity index (χ3v) is 3.34. The molecule has 1 atom stereocenters. The summed E-state index contributed by atoms with van der Waals surface area (Å²) in [6.45, 7) is 4.10. The van der Waals surface area contributed by atoms with Gasteiger partial charge in [0.25, 0.3) is 0 Å². The molecule has 19 heavy (non-hydrogen) atoms. The summed E-state index contributed by atoms with van der Waals surface area (Å²) in [5.41, 5.74) is 8.12. The topological polar surface area (TPSA) is 53.1 Å². The van der Waals surface area contributed by atoms with Crippen molar-refractivity contribution in [3.8, 4) is 5.75 Å². The van der Waals surface area contributed by atoms with Crippen molar-refractivity contribution in [3.05, 3.63) is 46.7 Å². The molecule has 0 fully saturated rings. The van der Waals surface area contributed by atoms with E-state index in [4.69, 9.17) is 22.1 Å². The predicted octanol–water partition coefficient (Wildman–Crippen LogP) is 3.17. The molecule has 2 N–H and O–H groups in total. The largest absolute Gasteiger partial charge is 0.497 e. The Morgan fingerprint density at radius 1 is 1.26 bits per heavy atom. The number of rotatable bonds is 4. The summed E-state index contributed by atoms with van der Waals surface area (Å²) in [7, 11) is 1.64. The van der Waals surface area contributed by atoms with Gasteiger partial charge in [0.15, 0.2) is 0 Å². The van der Waals surface area contributed by atoms with E-state index in [0.29, 0.717) is 5.02 Å². The smallest absolute Gasteiger partial charge is 0.118 e. The van der Waals surface area contributed by atoms with Gasteiger partial charge in [0, 0.05) is 6.04 Å². The third-order valence-electron chi connectivity index (χ3n) is 3.05. The Morgan fingerprint density at radius 3 is 2.42 bits per heavy atom. The monoisotopic (exact) mass is 279 g/mol. The number of ether oxygens (including phenoxy) is 1. The second-order valence-corrected chi connectivity index (χ2v) is 5.07. The van der Waals surface area contributed by atoms with Gasteiger partial charge >= 0.3 is 0 Å². The fourth-order valence-corrected chi connectivity index (χ4v) is 2.27. The van der Waals surface area contributed by atoms with Crippen LogP contribution in [-0.2, 0) is 0 Å². The lowest BCUT2D eigenvalue weighted by molar-refractivity contribution is 0.414. The maximum Gasteiger partial charge on any atom is 0.118 e. The Morgan fingerprint density at radius 2 is 1.89 bits per heavy atom. The van der Waals surface area contributed by atoms with E-state index in [1.165, 1.54) is 0 Å². The van der Waals surface area contributed by atoms with Gasteiger partial charge < -0.3 is 10.5 Å². The van der Waals surface area contributed by atoms with Crippen LogP contribution in [0.25, 0.3) is 0 Å². The van der Waals surface area contributed by atoms with Gasteiger partial charge in [-0.3, -0.25) is 4.68 Å². The van der Waals surface area contributed by atoms with Gasteiger partial charge in [-0.25, -0.2) is 0 Å². The fraction of sp³-hybridized carbons (Fsp3) is 0.357. The molecule has 0 amide bonds. The van der Waals surface area contributed by atoms with Gasteiger partial charge in [-0.2, -0.15) is 5.10 Å². The minimum absolute atomic E-state index is 0.215. The molecule has 1 heterocycles. The highest BCUT2D eigenvalue weighted by Gasteiger charge is 2.20. The summed E-state index contributed by atoms with van der Waals surface area (Å²) in [5.74, 6) is 0.805.